The number of carbonyl (C=O) groups excluding carboxylic acids is 1. The van der Waals surface area contributed by atoms with E-state index < -0.39 is 5.97 Å². The normalized spacial score (nSPS) is 26.8. The van der Waals surface area contributed by atoms with Gasteiger partial charge in [-0.25, -0.2) is 4.79 Å². The molecule has 0 aromatic carbocycles. The summed E-state index contributed by atoms with van der Waals surface area (Å²) in [7, 11) is 0. The van der Waals surface area contributed by atoms with Crippen molar-refractivity contribution in [3.8, 4) is 0 Å². The van der Waals surface area contributed by atoms with E-state index in [1.807, 2.05) is 16.7 Å². The Morgan fingerprint density at radius 3 is 2.64 bits per heavy atom. The molecule has 0 aromatic rings. The lowest BCUT2D eigenvalue weighted by Crippen LogP contribution is -2.56. The number of likely N-dealkylation sites (tertiary alicyclic amines) is 1. The molecule has 1 aliphatic carbocycles. The molecule has 1 saturated heterocycles. The number of nitrogens with zero attached hydrogens (tertiary/aromatic N) is 2. The molecule has 1 atom stereocenters. The first-order valence-electron chi connectivity index (χ1n) is 9.66. The molecule has 144 valence electrons. The lowest BCUT2D eigenvalue weighted by atomic mass is 9.85. The van der Waals surface area contributed by atoms with Crippen LogP contribution in [0.2, 0.25) is 0 Å². The number of rotatable bonds is 8. The molecule has 0 bridgehead atoms. The number of likely N-dealkylation sites (N-methyl/N-ethyl adjacent to an activating group) is 1. The molecular formula is C18H33N3O4. The minimum atomic E-state index is -0.793. The summed E-state index contributed by atoms with van der Waals surface area (Å²) in [4.78, 5) is 27.2. The number of hydrogen-bond donors (Lipinski definition) is 2. The molecule has 1 aliphatic heterocycles. The standard InChI is InChI=1S/C18H33N3O4/c1-3-10-25-16-6-5-8-21(9-7-16)18(24)19-14-11-15(12-14)20(4-2)13-17(22)23/h14-16H,3-13H2,1-2H3,(H,19,24)(H,22,23). The van der Waals surface area contributed by atoms with E-state index in [1.165, 1.54) is 0 Å². The highest BCUT2D eigenvalue weighted by Gasteiger charge is 2.35. The first-order valence-corrected chi connectivity index (χ1v) is 9.66. The molecule has 2 amide bonds. The highest BCUT2D eigenvalue weighted by atomic mass is 16.5. The SMILES string of the molecule is CCCOC1CCCN(C(=O)NC2CC(N(CC)CC(=O)O)C2)CC1. The van der Waals surface area contributed by atoms with Crippen LogP contribution in [0.4, 0.5) is 4.79 Å². The number of amides is 2. The lowest BCUT2D eigenvalue weighted by molar-refractivity contribution is -0.139. The van der Waals surface area contributed by atoms with Crippen molar-refractivity contribution in [2.24, 2.45) is 0 Å². The fourth-order valence-electron chi connectivity index (χ4n) is 3.66. The zero-order chi connectivity index (χ0) is 18.2. The number of carboxylic acid groups (broad SMARTS) is 1. The monoisotopic (exact) mass is 355 g/mol. The highest BCUT2D eigenvalue weighted by Crippen LogP contribution is 2.26. The largest absolute Gasteiger partial charge is 0.480 e. The zero-order valence-electron chi connectivity index (χ0n) is 15.6. The molecule has 0 spiro atoms. The summed E-state index contributed by atoms with van der Waals surface area (Å²) < 4.78 is 5.83. The average Bonchev–Trinajstić information content (AvgIpc) is 2.79. The van der Waals surface area contributed by atoms with E-state index in [2.05, 4.69) is 12.2 Å². The molecular weight excluding hydrogens is 322 g/mol. The van der Waals surface area contributed by atoms with Gasteiger partial charge in [-0.1, -0.05) is 13.8 Å². The predicted octanol–water partition coefficient (Wildman–Crippen LogP) is 1.91. The van der Waals surface area contributed by atoms with Gasteiger partial charge in [-0.3, -0.25) is 9.69 Å². The number of hydrogen-bond acceptors (Lipinski definition) is 4. The van der Waals surface area contributed by atoms with Crippen molar-refractivity contribution in [1.29, 1.82) is 0 Å². The Balaban J connectivity index is 1.70. The third kappa shape index (κ3) is 6.15. The summed E-state index contributed by atoms with van der Waals surface area (Å²) in [5.74, 6) is -0.793. The Morgan fingerprint density at radius 1 is 1.24 bits per heavy atom. The molecule has 25 heavy (non-hydrogen) atoms. The number of ether oxygens (including phenoxy) is 1. The van der Waals surface area contributed by atoms with Crippen molar-refractivity contribution in [1.82, 2.24) is 15.1 Å². The topological polar surface area (TPSA) is 82.1 Å². The van der Waals surface area contributed by atoms with E-state index in [0.29, 0.717) is 0 Å². The van der Waals surface area contributed by atoms with Crippen LogP contribution in [0.1, 0.15) is 52.4 Å². The van der Waals surface area contributed by atoms with Gasteiger partial charge in [0.15, 0.2) is 0 Å². The summed E-state index contributed by atoms with van der Waals surface area (Å²) in [6.45, 7) is 7.21. The van der Waals surface area contributed by atoms with Crippen molar-refractivity contribution >= 4 is 12.0 Å². The number of carboxylic acids is 1. The second kappa shape index (κ2) is 9.97. The Hall–Kier alpha value is -1.34. The molecule has 0 aromatic heterocycles. The summed E-state index contributed by atoms with van der Waals surface area (Å²) in [6, 6.07) is 0.443. The van der Waals surface area contributed by atoms with Crippen LogP contribution in [-0.2, 0) is 9.53 Å². The molecule has 2 fully saturated rings. The van der Waals surface area contributed by atoms with Gasteiger partial charge in [-0.2, -0.15) is 0 Å². The minimum absolute atomic E-state index is 0.0147. The van der Waals surface area contributed by atoms with E-state index in [0.717, 1.165) is 64.8 Å². The van der Waals surface area contributed by atoms with Gasteiger partial charge in [0.05, 0.1) is 12.6 Å². The Morgan fingerprint density at radius 2 is 2.00 bits per heavy atom. The second-order valence-corrected chi connectivity index (χ2v) is 7.14. The van der Waals surface area contributed by atoms with Gasteiger partial charge in [0.25, 0.3) is 0 Å². The number of aliphatic carboxylic acids is 1. The molecule has 1 saturated carbocycles. The maximum absolute atomic E-state index is 12.5. The second-order valence-electron chi connectivity index (χ2n) is 7.14. The van der Waals surface area contributed by atoms with Crippen molar-refractivity contribution < 1.29 is 19.4 Å². The zero-order valence-corrected chi connectivity index (χ0v) is 15.6. The summed E-state index contributed by atoms with van der Waals surface area (Å²) >= 11 is 0. The van der Waals surface area contributed by atoms with Crippen molar-refractivity contribution in [2.45, 2.75) is 70.6 Å². The number of nitrogens with one attached hydrogen (secondary N) is 1. The van der Waals surface area contributed by atoms with Gasteiger partial charge in [-0.15, -0.1) is 0 Å². The lowest BCUT2D eigenvalue weighted by Gasteiger charge is -2.42. The van der Waals surface area contributed by atoms with Crippen LogP contribution in [0.5, 0.6) is 0 Å². The van der Waals surface area contributed by atoms with E-state index in [-0.39, 0.29) is 30.8 Å². The number of urea groups is 1. The Bertz CT molecular complexity index is 440. The van der Waals surface area contributed by atoms with Crippen LogP contribution in [0.3, 0.4) is 0 Å². The van der Waals surface area contributed by atoms with Gasteiger partial charge in [0, 0.05) is 31.8 Å². The molecule has 0 radical (unpaired) electrons. The number of carbonyl (C=O) groups is 2. The van der Waals surface area contributed by atoms with Crippen molar-refractivity contribution in [3.63, 3.8) is 0 Å². The van der Waals surface area contributed by atoms with Crippen LogP contribution in [0, 0.1) is 0 Å². The summed E-state index contributed by atoms with van der Waals surface area (Å²) in [5, 5.41) is 12.0. The van der Waals surface area contributed by atoms with Gasteiger partial charge in [-0.05, 0) is 45.1 Å². The fraction of sp³-hybridized carbons (Fsp3) is 0.889. The maximum Gasteiger partial charge on any atom is 0.317 e. The van der Waals surface area contributed by atoms with Gasteiger partial charge < -0.3 is 20.1 Å². The summed E-state index contributed by atoms with van der Waals surface area (Å²) in [6.07, 6.45) is 5.89. The highest BCUT2D eigenvalue weighted by molar-refractivity contribution is 5.74. The van der Waals surface area contributed by atoms with Crippen molar-refractivity contribution in [3.05, 3.63) is 0 Å². The van der Waals surface area contributed by atoms with E-state index in [4.69, 9.17) is 9.84 Å². The van der Waals surface area contributed by atoms with Crippen LogP contribution >= 0.6 is 0 Å². The molecule has 1 heterocycles. The third-order valence-electron chi connectivity index (χ3n) is 5.22. The molecule has 7 heteroatoms. The maximum atomic E-state index is 12.5. The molecule has 2 N–H and O–H groups in total. The van der Waals surface area contributed by atoms with E-state index in [9.17, 15) is 9.59 Å². The van der Waals surface area contributed by atoms with Gasteiger partial charge in [0.2, 0.25) is 0 Å². The average molecular weight is 355 g/mol. The summed E-state index contributed by atoms with van der Waals surface area (Å²) in [5.41, 5.74) is 0. The van der Waals surface area contributed by atoms with Crippen LogP contribution < -0.4 is 5.32 Å². The fourth-order valence-corrected chi connectivity index (χ4v) is 3.66. The quantitative estimate of drug-likeness (QED) is 0.695. The van der Waals surface area contributed by atoms with Gasteiger partial charge >= 0.3 is 12.0 Å². The first kappa shape index (κ1) is 20.0. The van der Waals surface area contributed by atoms with Gasteiger partial charge in [0.1, 0.15) is 0 Å². The van der Waals surface area contributed by atoms with E-state index >= 15 is 0 Å². The van der Waals surface area contributed by atoms with Crippen LogP contribution in [0.25, 0.3) is 0 Å². The Labute approximate surface area is 150 Å². The predicted molar refractivity (Wildman–Crippen MR) is 95.7 cm³/mol. The first-order chi connectivity index (χ1) is 12.0. The van der Waals surface area contributed by atoms with E-state index in [1.54, 1.807) is 0 Å². The van der Waals surface area contributed by atoms with Crippen LogP contribution in [-0.4, -0.2) is 77.9 Å². The third-order valence-corrected chi connectivity index (χ3v) is 5.22. The Kier molecular flexibility index (Phi) is 7.96. The molecule has 2 aliphatic rings. The van der Waals surface area contributed by atoms with Crippen molar-refractivity contribution in [2.75, 3.05) is 32.8 Å². The molecule has 2 rings (SSSR count). The minimum Gasteiger partial charge on any atom is -0.480 e. The van der Waals surface area contributed by atoms with Crippen LogP contribution in [0.15, 0.2) is 0 Å². The smallest absolute Gasteiger partial charge is 0.317 e. The molecule has 1 unspecified atom stereocenters. The molecule has 7 nitrogen and oxygen atoms in total.